The smallest absolute Gasteiger partial charge is 0.123 e. The van der Waals surface area contributed by atoms with Gasteiger partial charge in [0.1, 0.15) is 5.01 Å². The predicted octanol–water partition coefficient (Wildman–Crippen LogP) is 3.02. The number of benzene rings is 1. The Labute approximate surface area is 97.0 Å². The highest BCUT2D eigenvalue weighted by Gasteiger charge is 2.07. The van der Waals surface area contributed by atoms with Crippen molar-refractivity contribution >= 4 is 23.1 Å². The summed E-state index contributed by atoms with van der Waals surface area (Å²) in [6.07, 6.45) is 3.83. The van der Waals surface area contributed by atoms with E-state index in [0.717, 1.165) is 16.1 Å². The van der Waals surface area contributed by atoms with Crippen LogP contribution in [0.5, 0.6) is 0 Å². The summed E-state index contributed by atoms with van der Waals surface area (Å²) >= 11 is 3.29. The molecule has 0 amide bonds. The molecule has 1 N–H and O–H groups in total. The van der Waals surface area contributed by atoms with Crippen molar-refractivity contribution in [2.45, 2.75) is 11.5 Å². The van der Waals surface area contributed by atoms with Crippen molar-refractivity contribution in [3.8, 4) is 10.6 Å². The summed E-state index contributed by atoms with van der Waals surface area (Å²) < 4.78 is 0. The lowest BCUT2D eigenvalue weighted by Crippen LogP contribution is -1.89. The van der Waals surface area contributed by atoms with Crippen LogP contribution in [0.15, 0.2) is 34.7 Å². The molecule has 78 valence electrons. The SMILES string of the molecule is CSc1ccc(CO)c(-c2nccs2)c1. The quantitative estimate of drug-likeness (QED) is 0.833. The normalized spacial score (nSPS) is 10.5. The van der Waals surface area contributed by atoms with Gasteiger partial charge in [0.05, 0.1) is 6.61 Å². The van der Waals surface area contributed by atoms with Crippen LogP contribution in [0.25, 0.3) is 10.6 Å². The minimum Gasteiger partial charge on any atom is -0.392 e. The van der Waals surface area contributed by atoms with Gasteiger partial charge in [0.15, 0.2) is 0 Å². The minimum absolute atomic E-state index is 0.0591. The fraction of sp³-hybridized carbons (Fsp3) is 0.182. The number of rotatable bonds is 3. The van der Waals surface area contributed by atoms with Crippen molar-refractivity contribution < 1.29 is 5.11 Å². The van der Waals surface area contributed by atoms with Crippen LogP contribution in [-0.2, 0) is 6.61 Å². The van der Waals surface area contributed by atoms with Crippen LogP contribution in [0.3, 0.4) is 0 Å². The number of thiazole rings is 1. The van der Waals surface area contributed by atoms with Crippen molar-refractivity contribution in [2.75, 3.05) is 6.26 Å². The summed E-state index contributed by atoms with van der Waals surface area (Å²) in [5.74, 6) is 0. The van der Waals surface area contributed by atoms with Gasteiger partial charge in [-0.2, -0.15) is 0 Å². The zero-order valence-electron chi connectivity index (χ0n) is 8.30. The van der Waals surface area contributed by atoms with E-state index in [0.29, 0.717) is 0 Å². The first kappa shape index (κ1) is 10.7. The monoisotopic (exact) mass is 237 g/mol. The van der Waals surface area contributed by atoms with Crippen LogP contribution in [0.4, 0.5) is 0 Å². The zero-order chi connectivity index (χ0) is 10.7. The van der Waals surface area contributed by atoms with Crippen LogP contribution < -0.4 is 0 Å². The van der Waals surface area contributed by atoms with Gasteiger partial charge in [0, 0.05) is 22.0 Å². The molecule has 2 nitrogen and oxygen atoms in total. The summed E-state index contributed by atoms with van der Waals surface area (Å²) in [4.78, 5) is 5.46. The summed E-state index contributed by atoms with van der Waals surface area (Å²) in [6.45, 7) is 0.0591. The van der Waals surface area contributed by atoms with Gasteiger partial charge in [-0.3, -0.25) is 0 Å². The fourth-order valence-corrected chi connectivity index (χ4v) is 2.51. The molecule has 0 bridgehead atoms. The molecule has 0 atom stereocenters. The zero-order valence-corrected chi connectivity index (χ0v) is 9.94. The summed E-state index contributed by atoms with van der Waals surface area (Å²) in [7, 11) is 0. The first-order valence-electron chi connectivity index (χ1n) is 4.53. The average molecular weight is 237 g/mol. The number of aliphatic hydroxyl groups is 1. The molecule has 0 radical (unpaired) electrons. The largest absolute Gasteiger partial charge is 0.392 e. The Balaban J connectivity index is 2.52. The second-order valence-electron chi connectivity index (χ2n) is 3.02. The van der Waals surface area contributed by atoms with Gasteiger partial charge in [0.25, 0.3) is 0 Å². The molecular weight excluding hydrogens is 226 g/mol. The lowest BCUT2D eigenvalue weighted by atomic mass is 10.1. The predicted molar refractivity (Wildman–Crippen MR) is 65.3 cm³/mol. The molecule has 0 fully saturated rings. The lowest BCUT2D eigenvalue weighted by molar-refractivity contribution is 0.282. The highest BCUT2D eigenvalue weighted by Crippen LogP contribution is 2.29. The molecule has 1 aromatic heterocycles. The van der Waals surface area contributed by atoms with Crippen molar-refractivity contribution in [2.24, 2.45) is 0 Å². The molecule has 4 heteroatoms. The molecule has 1 heterocycles. The molecule has 2 rings (SSSR count). The molecule has 15 heavy (non-hydrogen) atoms. The molecule has 0 aliphatic rings. The number of hydrogen-bond acceptors (Lipinski definition) is 4. The van der Waals surface area contributed by atoms with E-state index in [4.69, 9.17) is 0 Å². The third-order valence-electron chi connectivity index (χ3n) is 2.15. The van der Waals surface area contributed by atoms with Gasteiger partial charge >= 0.3 is 0 Å². The van der Waals surface area contributed by atoms with E-state index in [2.05, 4.69) is 11.1 Å². The van der Waals surface area contributed by atoms with E-state index in [1.165, 1.54) is 4.90 Å². The van der Waals surface area contributed by atoms with Gasteiger partial charge in [-0.25, -0.2) is 4.98 Å². The van der Waals surface area contributed by atoms with E-state index < -0.39 is 0 Å². The van der Waals surface area contributed by atoms with Crippen LogP contribution in [0.2, 0.25) is 0 Å². The lowest BCUT2D eigenvalue weighted by Gasteiger charge is -2.06. The number of hydrogen-bond donors (Lipinski definition) is 1. The second-order valence-corrected chi connectivity index (χ2v) is 4.79. The Morgan fingerprint density at radius 1 is 1.47 bits per heavy atom. The molecule has 0 saturated carbocycles. The maximum absolute atomic E-state index is 9.25. The molecule has 0 aliphatic carbocycles. The van der Waals surface area contributed by atoms with Crippen LogP contribution in [-0.4, -0.2) is 16.3 Å². The third-order valence-corrected chi connectivity index (χ3v) is 3.68. The van der Waals surface area contributed by atoms with E-state index in [1.54, 1.807) is 29.3 Å². The molecule has 2 aromatic rings. The Hall–Kier alpha value is -0.840. The van der Waals surface area contributed by atoms with E-state index in [1.807, 2.05) is 23.8 Å². The first-order chi connectivity index (χ1) is 7.35. The van der Waals surface area contributed by atoms with Gasteiger partial charge in [-0.15, -0.1) is 23.1 Å². The molecule has 1 aromatic carbocycles. The Morgan fingerprint density at radius 3 is 2.93 bits per heavy atom. The van der Waals surface area contributed by atoms with E-state index in [-0.39, 0.29) is 6.61 Å². The molecule has 0 saturated heterocycles. The topological polar surface area (TPSA) is 33.1 Å². The van der Waals surface area contributed by atoms with Crippen molar-refractivity contribution in [3.05, 3.63) is 35.3 Å². The van der Waals surface area contributed by atoms with Gasteiger partial charge in [0.2, 0.25) is 0 Å². The minimum atomic E-state index is 0.0591. The van der Waals surface area contributed by atoms with Crippen molar-refractivity contribution in [1.29, 1.82) is 0 Å². The van der Waals surface area contributed by atoms with Crippen LogP contribution >= 0.6 is 23.1 Å². The highest BCUT2D eigenvalue weighted by molar-refractivity contribution is 7.98. The number of thioether (sulfide) groups is 1. The van der Waals surface area contributed by atoms with E-state index in [9.17, 15) is 5.11 Å². The average Bonchev–Trinajstić information content (AvgIpc) is 2.81. The highest BCUT2D eigenvalue weighted by atomic mass is 32.2. The number of aromatic nitrogens is 1. The second kappa shape index (κ2) is 4.79. The Morgan fingerprint density at radius 2 is 2.33 bits per heavy atom. The fourth-order valence-electron chi connectivity index (χ4n) is 1.38. The van der Waals surface area contributed by atoms with Crippen molar-refractivity contribution in [3.63, 3.8) is 0 Å². The maximum Gasteiger partial charge on any atom is 0.123 e. The third kappa shape index (κ3) is 2.22. The first-order valence-corrected chi connectivity index (χ1v) is 6.63. The summed E-state index contributed by atoms with van der Waals surface area (Å²) in [5.41, 5.74) is 1.97. The van der Waals surface area contributed by atoms with Gasteiger partial charge in [-0.1, -0.05) is 6.07 Å². The molecule has 0 unspecified atom stereocenters. The molecule has 0 aliphatic heterocycles. The van der Waals surface area contributed by atoms with Crippen molar-refractivity contribution in [1.82, 2.24) is 4.98 Å². The van der Waals surface area contributed by atoms with Gasteiger partial charge < -0.3 is 5.11 Å². The summed E-state index contributed by atoms with van der Waals surface area (Å²) in [6, 6.07) is 6.06. The van der Waals surface area contributed by atoms with Gasteiger partial charge in [-0.05, 0) is 24.0 Å². The molecular formula is C11H11NOS2. The molecule has 0 spiro atoms. The Kier molecular flexibility index (Phi) is 3.41. The number of nitrogens with zero attached hydrogens (tertiary/aromatic N) is 1. The Bertz CT molecular complexity index is 440. The summed E-state index contributed by atoms with van der Waals surface area (Å²) in [5, 5.41) is 12.2. The van der Waals surface area contributed by atoms with Crippen LogP contribution in [0, 0.1) is 0 Å². The number of aliphatic hydroxyl groups excluding tert-OH is 1. The standard InChI is InChI=1S/C11H11NOS2/c1-14-9-3-2-8(7-13)10(6-9)11-12-4-5-15-11/h2-6,13H,7H2,1H3. The maximum atomic E-state index is 9.25. The van der Waals surface area contributed by atoms with Crippen LogP contribution in [0.1, 0.15) is 5.56 Å². The van der Waals surface area contributed by atoms with E-state index >= 15 is 0 Å².